The zero-order valence-corrected chi connectivity index (χ0v) is 16.9. The quantitative estimate of drug-likeness (QED) is 0.719. The molecule has 0 aliphatic heterocycles. The summed E-state index contributed by atoms with van der Waals surface area (Å²) in [5.74, 6) is -0.678. The van der Waals surface area contributed by atoms with Crippen molar-refractivity contribution in [3.63, 3.8) is 0 Å². The normalized spacial score (nSPS) is 12.8. The van der Waals surface area contributed by atoms with E-state index in [4.69, 9.17) is 11.6 Å². The van der Waals surface area contributed by atoms with Gasteiger partial charge in [-0.2, -0.15) is 0 Å². The van der Waals surface area contributed by atoms with Crippen LogP contribution in [0.2, 0.25) is 5.02 Å². The Balaban J connectivity index is 1.97. The SMILES string of the molecule is CN(C)S(=O)(=O)c1ccc(NC(=O)C[NH+](C)Cc2c(F)cccc2Cl)cc1. The summed E-state index contributed by atoms with van der Waals surface area (Å²) in [4.78, 5) is 13.1. The van der Waals surface area contributed by atoms with Gasteiger partial charge in [0.15, 0.2) is 6.54 Å². The highest BCUT2D eigenvalue weighted by molar-refractivity contribution is 7.89. The van der Waals surface area contributed by atoms with Crippen LogP contribution < -0.4 is 10.2 Å². The molecule has 0 fully saturated rings. The average molecular weight is 415 g/mol. The fraction of sp³-hybridized carbons (Fsp3) is 0.278. The maximum Gasteiger partial charge on any atom is 0.279 e. The lowest BCUT2D eigenvalue weighted by atomic mass is 10.2. The van der Waals surface area contributed by atoms with E-state index in [1.165, 1.54) is 50.5 Å². The molecule has 1 unspecified atom stereocenters. The first-order valence-electron chi connectivity index (χ1n) is 8.18. The number of benzene rings is 2. The number of amides is 1. The molecule has 0 aromatic heterocycles. The zero-order valence-electron chi connectivity index (χ0n) is 15.3. The summed E-state index contributed by atoms with van der Waals surface area (Å²) in [6.07, 6.45) is 0. The van der Waals surface area contributed by atoms with Crippen molar-refractivity contribution in [2.45, 2.75) is 11.4 Å². The van der Waals surface area contributed by atoms with Gasteiger partial charge in [0.25, 0.3) is 5.91 Å². The minimum Gasteiger partial charge on any atom is -0.326 e. The van der Waals surface area contributed by atoms with Gasteiger partial charge >= 0.3 is 0 Å². The van der Waals surface area contributed by atoms with Gasteiger partial charge in [-0.25, -0.2) is 17.1 Å². The second-order valence-corrected chi connectivity index (χ2v) is 8.93. The molecule has 0 spiro atoms. The lowest BCUT2D eigenvalue weighted by Gasteiger charge is -2.15. The van der Waals surface area contributed by atoms with Crippen molar-refractivity contribution in [2.24, 2.45) is 0 Å². The lowest BCUT2D eigenvalue weighted by molar-refractivity contribution is -0.885. The van der Waals surface area contributed by atoms with Crippen LogP contribution in [0.25, 0.3) is 0 Å². The molecule has 1 amide bonds. The molecule has 0 saturated heterocycles. The van der Waals surface area contributed by atoms with E-state index in [-0.39, 0.29) is 23.9 Å². The lowest BCUT2D eigenvalue weighted by Crippen LogP contribution is -3.08. The predicted molar refractivity (Wildman–Crippen MR) is 103 cm³/mol. The van der Waals surface area contributed by atoms with Gasteiger partial charge < -0.3 is 10.2 Å². The van der Waals surface area contributed by atoms with E-state index in [9.17, 15) is 17.6 Å². The third-order valence-electron chi connectivity index (χ3n) is 3.92. The van der Waals surface area contributed by atoms with Crippen LogP contribution in [-0.4, -0.2) is 46.3 Å². The number of halogens is 2. The number of nitrogens with zero attached hydrogens (tertiary/aromatic N) is 1. The maximum absolute atomic E-state index is 13.8. The molecule has 0 heterocycles. The average Bonchev–Trinajstić information content (AvgIpc) is 2.58. The molecule has 0 saturated carbocycles. The van der Waals surface area contributed by atoms with Crippen LogP contribution in [0.15, 0.2) is 47.4 Å². The zero-order chi connectivity index (χ0) is 20.2. The molecule has 2 aromatic carbocycles. The molecule has 146 valence electrons. The first-order chi connectivity index (χ1) is 12.6. The molecule has 2 N–H and O–H groups in total. The van der Waals surface area contributed by atoms with Crippen molar-refractivity contribution in [2.75, 3.05) is 33.0 Å². The standard InChI is InChI=1S/C18H21ClFN3O3S/c1-22(2)27(25,26)14-9-7-13(8-10-14)21-18(24)12-23(3)11-15-16(19)5-4-6-17(15)20/h4-10H,11-12H2,1-3H3,(H,21,24)/p+1. The number of rotatable bonds is 7. The topological polar surface area (TPSA) is 70.9 Å². The van der Waals surface area contributed by atoms with Crippen LogP contribution in [-0.2, 0) is 21.4 Å². The summed E-state index contributed by atoms with van der Waals surface area (Å²) in [6, 6.07) is 10.4. The van der Waals surface area contributed by atoms with Crippen molar-refractivity contribution in [1.82, 2.24) is 4.31 Å². The minimum absolute atomic E-state index is 0.0996. The highest BCUT2D eigenvalue weighted by Gasteiger charge is 2.18. The Hall–Kier alpha value is -2.00. The van der Waals surface area contributed by atoms with E-state index in [1.54, 1.807) is 13.1 Å². The van der Waals surface area contributed by atoms with Crippen LogP contribution >= 0.6 is 11.6 Å². The van der Waals surface area contributed by atoms with Crippen molar-refractivity contribution in [1.29, 1.82) is 0 Å². The van der Waals surface area contributed by atoms with E-state index in [0.29, 0.717) is 16.3 Å². The van der Waals surface area contributed by atoms with Gasteiger partial charge in [0.05, 0.1) is 22.5 Å². The summed E-state index contributed by atoms with van der Waals surface area (Å²) >= 11 is 6.01. The van der Waals surface area contributed by atoms with E-state index < -0.39 is 15.8 Å². The van der Waals surface area contributed by atoms with E-state index in [1.807, 2.05) is 0 Å². The van der Waals surface area contributed by atoms with Gasteiger partial charge in [-0.1, -0.05) is 17.7 Å². The highest BCUT2D eigenvalue weighted by Crippen LogP contribution is 2.18. The number of carbonyl (C=O) groups excluding carboxylic acids is 1. The highest BCUT2D eigenvalue weighted by atomic mass is 35.5. The molecule has 0 aliphatic rings. The van der Waals surface area contributed by atoms with Gasteiger partial charge in [0.2, 0.25) is 10.0 Å². The molecule has 2 aromatic rings. The molecular formula is C18H22ClFN3O3S+. The maximum atomic E-state index is 13.8. The van der Waals surface area contributed by atoms with E-state index in [0.717, 1.165) is 9.21 Å². The largest absolute Gasteiger partial charge is 0.326 e. The summed E-state index contributed by atoms with van der Waals surface area (Å²) in [5, 5.41) is 3.03. The number of hydrogen-bond acceptors (Lipinski definition) is 3. The van der Waals surface area contributed by atoms with Crippen molar-refractivity contribution >= 4 is 33.2 Å². The molecule has 2 rings (SSSR count). The molecule has 0 radical (unpaired) electrons. The van der Waals surface area contributed by atoms with Crippen LogP contribution in [0.1, 0.15) is 5.56 Å². The van der Waals surface area contributed by atoms with Crippen LogP contribution in [0, 0.1) is 5.82 Å². The Bertz CT molecular complexity index is 898. The minimum atomic E-state index is -3.52. The molecule has 1 atom stereocenters. The molecule has 27 heavy (non-hydrogen) atoms. The molecule has 0 bridgehead atoms. The predicted octanol–water partition coefficient (Wildman–Crippen LogP) is 1.38. The second-order valence-electron chi connectivity index (χ2n) is 6.37. The second kappa shape index (κ2) is 8.79. The van der Waals surface area contributed by atoms with E-state index >= 15 is 0 Å². The summed E-state index contributed by atoms with van der Waals surface area (Å²) in [5.41, 5.74) is 0.845. The van der Waals surface area contributed by atoms with Crippen LogP contribution in [0.5, 0.6) is 0 Å². The Labute approximate surface area is 163 Å². The summed E-state index contributed by atoms with van der Waals surface area (Å²) in [6.45, 7) is 0.362. The number of likely N-dealkylation sites (N-methyl/N-ethyl adjacent to an activating group) is 1. The Kier molecular flexibility index (Phi) is 6.94. The Morgan fingerprint density at radius 3 is 2.37 bits per heavy atom. The molecular weight excluding hydrogens is 393 g/mol. The third-order valence-corrected chi connectivity index (χ3v) is 6.10. The number of carbonyl (C=O) groups is 1. The fourth-order valence-corrected chi connectivity index (χ4v) is 3.60. The molecule has 9 heteroatoms. The number of hydrogen-bond donors (Lipinski definition) is 2. The monoisotopic (exact) mass is 414 g/mol. The summed E-state index contributed by atoms with van der Waals surface area (Å²) < 4.78 is 39.0. The fourth-order valence-electron chi connectivity index (χ4n) is 2.47. The van der Waals surface area contributed by atoms with E-state index in [2.05, 4.69) is 5.32 Å². The Morgan fingerprint density at radius 1 is 1.19 bits per heavy atom. The van der Waals surface area contributed by atoms with Gasteiger partial charge in [-0.3, -0.25) is 4.79 Å². The van der Waals surface area contributed by atoms with Crippen molar-refractivity contribution in [3.8, 4) is 0 Å². The Morgan fingerprint density at radius 2 is 1.81 bits per heavy atom. The van der Waals surface area contributed by atoms with Crippen LogP contribution in [0.4, 0.5) is 10.1 Å². The smallest absolute Gasteiger partial charge is 0.279 e. The number of quaternary nitrogens is 1. The first kappa shape index (κ1) is 21.3. The third kappa shape index (κ3) is 5.49. The van der Waals surface area contributed by atoms with Gasteiger partial charge in [0.1, 0.15) is 12.4 Å². The number of nitrogens with one attached hydrogen (secondary N) is 2. The number of anilines is 1. The molecule has 0 aliphatic carbocycles. The first-order valence-corrected chi connectivity index (χ1v) is 9.99. The van der Waals surface area contributed by atoms with Gasteiger partial charge in [0, 0.05) is 19.8 Å². The molecule has 6 nitrogen and oxygen atoms in total. The van der Waals surface area contributed by atoms with Crippen LogP contribution in [0.3, 0.4) is 0 Å². The van der Waals surface area contributed by atoms with Crippen molar-refractivity contribution < 1.29 is 22.5 Å². The summed E-state index contributed by atoms with van der Waals surface area (Å²) in [7, 11) is 1.14. The number of sulfonamides is 1. The van der Waals surface area contributed by atoms with Crippen molar-refractivity contribution in [3.05, 3.63) is 58.9 Å². The van der Waals surface area contributed by atoms with Gasteiger partial charge in [-0.05, 0) is 36.4 Å². The van der Waals surface area contributed by atoms with Gasteiger partial charge in [-0.15, -0.1) is 0 Å².